The first-order valence-electron chi connectivity index (χ1n) is 44.5. The number of fused-ring (bicyclic) bond motifs is 12. The van der Waals surface area contributed by atoms with E-state index in [1.54, 1.807) is 66.8 Å². The van der Waals surface area contributed by atoms with Crippen molar-refractivity contribution < 1.29 is 0 Å². The minimum absolute atomic E-state index is 0.231. The SMILES string of the molecule is CCCCCCC1(CCCCCC)c2ccc(-c3ccc4ccc5cccc6ccc3c4c56)cc2-c2c1c1c(c3c2C(CCCCCC)(CCCCCC)c2ccc(-c4ccc5ccc6cccc7ccc4c5c67)cc2-3)C(CCCCCC)(CCCCCC)c2ccc(-c3ccc4ccc5cccc6ccc3c4c56)cc2-1. The fourth-order valence-corrected chi connectivity index (χ4v) is 23.4. The van der Waals surface area contributed by atoms with Crippen LogP contribution in [0, 0.1) is 0 Å². The number of hydrogen-bond acceptors (Lipinski definition) is 0. The number of unbranched alkanes of at least 4 members (excludes halogenated alkanes) is 18. The Morgan fingerprint density at radius 1 is 0.189 bits per heavy atom. The standard InChI is InChI=1S/C111H114/c1-7-13-19-25-64-109(65-26-20-14-8-2)94-61-52-82(85-55-46-79-43-40-73-34-31-37-76-49-58-88(85)100(79)97(73)76)70-91(94)103-106(109)104-92-71-83(86-56-47-80-44-41-74-35-32-38-77-50-59-89(86)101(80)98(74)77)53-62-95(92)110(66-27-21-15-9-3,67-28-22-16-10-4)108(104)105-93-72-84(54-63-96(93)111(107(103)105,68-29-23-17-11-5)69-30-24-18-12-6)87-57-48-81-45-42-75-36-33-39-78-51-60-90(87)102(81)99(75)78/h31-63,70-72H,7-30,64-69H2,1-6H3. The van der Waals surface area contributed by atoms with Crippen molar-refractivity contribution in [2.75, 3.05) is 0 Å². The molecule has 0 saturated heterocycles. The molecule has 0 heterocycles. The van der Waals surface area contributed by atoms with Crippen molar-refractivity contribution >= 4 is 97.0 Å². The van der Waals surface area contributed by atoms with Crippen LogP contribution < -0.4 is 0 Å². The van der Waals surface area contributed by atoms with Crippen LogP contribution in [-0.4, -0.2) is 0 Å². The second kappa shape index (κ2) is 30.0. The third-order valence-corrected chi connectivity index (χ3v) is 28.6. The molecular formula is C111H114. The van der Waals surface area contributed by atoms with Gasteiger partial charge in [-0.1, -0.05) is 396 Å². The van der Waals surface area contributed by atoms with Crippen molar-refractivity contribution in [2.45, 2.75) is 250 Å². The quantitative estimate of drug-likeness (QED) is 0.0284. The van der Waals surface area contributed by atoms with E-state index >= 15 is 0 Å². The van der Waals surface area contributed by atoms with E-state index in [0.29, 0.717) is 0 Å². The molecule has 0 aliphatic heterocycles. The molecule has 0 unspecified atom stereocenters. The summed E-state index contributed by atoms with van der Waals surface area (Å²) in [4.78, 5) is 0. The molecule has 0 fully saturated rings. The van der Waals surface area contributed by atoms with Gasteiger partial charge in [0.2, 0.25) is 0 Å². The van der Waals surface area contributed by atoms with Gasteiger partial charge in [-0.05, 0) is 254 Å². The van der Waals surface area contributed by atoms with E-state index in [-0.39, 0.29) is 16.2 Å². The molecule has 16 aromatic carbocycles. The Kier molecular flexibility index (Phi) is 19.4. The van der Waals surface area contributed by atoms with Crippen LogP contribution in [0.25, 0.3) is 164 Å². The molecule has 0 aromatic heterocycles. The summed E-state index contributed by atoms with van der Waals surface area (Å²) in [5, 5.41) is 24.5. The molecule has 0 N–H and O–H groups in total. The maximum atomic E-state index is 2.85. The summed E-state index contributed by atoms with van der Waals surface area (Å²) >= 11 is 0. The van der Waals surface area contributed by atoms with Gasteiger partial charge < -0.3 is 0 Å². The second-order valence-electron chi connectivity index (χ2n) is 35.0. The summed E-state index contributed by atoms with van der Waals surface area (Å²) in [5.74, 6) is 0. The van der Waals surface area contributed by atoms with E-state index in [0.717, 1.165) is 38.5 Å². The maximum absolute atomic E-state index is 2.85. The summed E-state index contributed by atoms with van der Waals surface area (Å²) in [7, 11) is 0. The van der Waals surface area contributed by atoms with Gasteiger partial charge in [0.05, 0.1) is 0 Å². The highest BCUT2D eigenvalue weighted by atomic mass is 14.6. The average Bonchev–Trinajstić information content (AvgIpc) is 1.48. The van der Waals surface area contributed by atoms with Crippen LogP contribution >= 0.6 is 0 Å². The Bertz CT molecular complexity index is 5440. The van der Waals surface area contributed by atoms with Gasteiger partial charge in [0.1, 0.15) is 0 Å². The summed E-state index contributed by atoms with van der Waals surface area (Å²) < 4.78 is 0. The summed E-state index contributed by atoms with van der Waals surface area (Å²) in [6.45, 7) is 14.6. The first-order chi connectivity index (χ1) is 54.8. The lowest BCUT2D eigenvalue weighted by Crippen LogP contribution is -2.31. The molecule has 16 aromatic rings. The van der Waals surface area contributed by atoms with Gasteiger partial charge in [-0.25, -0.2) is 0 Å². The molecule has 0 amide bonds. The van der Waals surface area contributed by atoms with Crippen LogP contribution in [0.2, 0.25) is 0 Å². The smallest absolute Gasteiger partial charge is 0.0221 e. The molecule has 0 radical (unpaired) electrons. The molecule has 0 heteroatoms. The fraction of sp³-hybridized carbons (Fsp3) is 0.351. The van der Waals surface area contributed by atoms with E-state index in [9.17, 15) is 0 Å². The van der Waals surface area contributed by atoms with Gasteiger partial charge in [0, 0.05) is 16.2 Å². The highest BCUT2D eigenvalue weighted by Crippen LogP contribution is 2.72. The van der Waals surface area contributed by atoms with Gasteiger partial charge in [0.15, 0.2) is 0 Å². The Hall–Kier alpha value is -9.36. The van der Waals surface area contributed by atoms with Crippen molar-refractivity contribution in [3.63, 3.8) is 0 Å². The molecule has 0 spiro atoms. The predicted octanol–water partition coefficient (Wildman–Crippen LogP) is 34.0. The van der Waals surface area contributed by atoms with Crippen LogP contribution in [0.15, 0.2) is 218 Å². The molecule has 111 heavy (non-hydrogen) atoms. The van der Waals surface area contributed by atoms with E-state index in [2.05, 4.69) is 260 Å². The fourth-order valence-electron chi connectivity index (χ4n) is 23.4. The highest BCUT2D eigenvalue weighted by Gasteiger charge is 2.58. The van der Waals surface area contributed by atoms with Crippen LogP contribution in [0.5, 0.6) is 0 Å². The van der Waals surface area contributed by atoms with Crippen LogP contribution in [0.1, 0.15) is 268 Å². The first-order valence-corrected chi connectivity index (χ1v) is 44.5. The zero-order chi connectivity index (χ0) is 75.0. The molecule has 3 aliphatic carbocycles. The van der Waals surface area contributed by atoms with Gasteiger partial charge >= 0.3 is 0 Å². The predicted molar refractivity (Wildman–Crippen MR) is 485 cm³/mol. The second-order valence-corrected chi connectivity index (χ2v) is 35.0. The topological polar surface area (TPSA) is 0 Å². The third-order valence-electron chi connectivity index (χ3n) is 28.6. The summed E-state index contributed by atoms with van der Waals surface area (Å²) in [5.41, 5.74) is 27.2. The average molecular weight is 1450 g/mol. The summed E-state index contributed by atoms with van der Waals surface area (Å²) in [6, 6.07) is 89.5. The normalized spacial score (nSPS) is 14.4. The lowest BCUT2D eigenvalue weighted by atomic mass is 9.63. The lowest BCUT2D eigenvalue weighted by Gasteiger charge is -2.39. The maximum Gasteiger partial charge on any atom is 0.0221 e. The molecule has 558 valence electrons. The number of hydrogen-bond donors (Lipinski definition) is 0. The van der Waals surface area contributed by atoms with Gasteiger partial charge in [-0.2, -0.15) is 0 Å². The number of benzene rings is 16. The number of rotatable bonds is 33. The minimum Gasteiger partial charge on any atom is -0.0654 e. The Morgan fingerprint density at radius 2 is 0.405 bits per heavy atom. The highest BCUT2D eigenvalue weighted by molar-refractivity contribution is 6.28. The van der Waals surface area contributed by atoms with E-state index < -0.39 is 0 Å². The molecule has 0 bridgehead atoms. The van der Waals surface area contributed by atoms with Crippen molar-refractivity contribution in [3.8, 4) is 66.8 Å². The summed E-state index contributed by atoms with van der Waals surface area (Å²) in [6.07, 6.45) is 36.9. The van der Waals surface area contributed by atoms with E-state index in [1.807, 2.05) is 0 Å². The molecule has 3 aliphatic rings. The van der Waals surface area contributed by atoms with Gasteiger partial charge in [-0.3, -0.25) is 0 Å². The van der Waals surface area contributed by atoms with Gasteiger partial charge in [-0.15, -0.1) is 0 Å². The molecule has 0 atom stereocenters. The van der Waals surface area contributed by atoms with Crippen molar-refractivity contribution in [1.82, 2.24) is 0 Å². The lowest BCUT2D eigenvalue weighted by molar-refractivity contribution is 0.389. The first kappa shape index (κ1) is 71.9. The zero-order valence-electron chi connectivity index (χ0n) is 67.5. The van der Waals surface area contributed by atoms with Crippen LogP contribution in [0.4, 0.5) is 0 Å². The zero-order valence-corrected chi connectivity index (χ0v) is 67.5. The Labute approximate surface area is 661 Å². The largest absolute Gasteiger partial charge is 0.0654 e. The van der Waals surface area contributed by atoms with E-state index in [1.165, 1.54) is 284 Å². The molecule has 19 rings (SSSR count). The Morgan fingerprint density at radius 3 is 0.640 bits per heavy atom. The minimum atomic E-state index is -0.231. The van der Waals surface area contributed by atoms with Crippen LogP contribution in [-0.2, 0) is 16.2 Å². The van der Waals surface area contributed by atoms with Crippen molar-refractivity contribution in [3.05, 3.63) is 252 Å². The Balaban J connectivity index is 0.989. The monoisotopic (exact) mass is 1450 g/mol. The van der Waals surface area contributed by atoms with Crippen molar-refractivity contribution in [2.24, 2.45) is 0 Å². The van der Waals surface area contributed by atoms with Crippen LogP contribution in [0.3, 0.4) is 0 Å². The molecule has 0 saturated carbocycles. The van der Waals surface area contributed by atoms with E-state index in [4.69, 9.17) is 0 Å². The molecular weight excluding hydrogens is 1330 g/mol. The molecule has 0 nitrogen and oxygen atoms in total. The van der Waals surface area contributed by atoms with Gasteiger partial charge in [0.25, 0.3) is 0 Å². The third kappa shape index (κ3) is 11.6. The van der Waals surface area contributed by atoms with Crippen molar-refractivity contribution in [1.29, 1.82) is 0 Å².